The average molecular weight is 352 g/mol. The van der Waals surface area contributed by atoms with Crippen molar-refractivity contribution in [3.63, 3.8) is 0 Å². The summed E-state index contributed by atoms with van der Waals surface area (Å²) in [5, 5.41) is 0. The fourth-order valence-corrected chi connectivity index (χ4v) is 3.04. The van der Waals surface area contributed by atoms with Gasteiger partial charge in [-0.15, -0.1) is 0 Å². The summed E-state index contributed by atoms with van der Waals surface area (Å²) in [6, 6.07) is 9.55. The van der Waals surface area contributed by atoms with Crippen LogP contribution in [0.3, 0.4) is 0 Å². The number of hydrogen-bond acceptors (Lipinski definition) is 2. The van der Waals surface area contributed by atoms with Crippen molar-refractivity contribution in [2.45, 2.75) is 51.9 Å². The normalized spacial score (nSPS) is 11.0. The molecule has 4 heteroatoms. The molecule has 0 bridgehead atoms. The number of unbranched alkanes of at least 4 members (excludes halogenated alkanes) is 5. The molecule has 114 valence electrons. The Kier molecular flexibility index (Phi) is 6.30. The second-order valence-corrected chi connectivity index (χ2v) is 6.02. The Bertz CT molecular complexity index is 601. The molecule has 0 spiro atoms. The van der Waals surface area contributed by atoms with Crippen LogP contribution in [0.1, 0.15) is 51.2 Å². The zero-order valence-corrected chi connectivity index (χ0v) is 14.1. The van der Waals surface area contributed by atoms with E-state index in [-0.39, 0.29) is 5.76 Å². The standard InChI is InChI=1S/C17H22BrNO2/c1-2-3-4-5-6-10-13-15-16(18)19(17(20)21-15)14-11-8-7-9-12-14/h7-9,11-12H,2-6,10,13H2,1H3. The summed E-state index contributed by atoms with van der Waals surface area (Å²) in [5.41, 5.74) is 0.826. The predicted molar refractivity (Wildman–Crippen MR) is 89.1 cm³/mol. The Morgan fingerprint density at radius 3 is 2.43 bits per heavy atom. The van der Waals surface area contributed by atoms with Crippen molar-refractivity contribution in [2.75, 3.05) is 0 Å². The van der Waals surface area contributed by atoms with Gasteiger partial charge in [0.05, 0.1) is 5.69 Å². The third kappa shape index (κ3) is 4.34. The molecule has 0 aliphatic heterocycles. The van der Waals surface area contributed by atoms with Crippen molar-refractivity contribution in [1.29, 1.82) is 0 Å². The van der Waals surface area contributed by atoms with Crippen LogP contribution in [0, 0.1) is 0 Å². The Labute approximate surface area is 134 Å². The summed E-state index contributed by atoms with van der Waals surface area (Å²) in [7, 11) is 0. The van der Waals surface area contributed by atoms with Gasteiger partial charge >= 0.3 is 5.76 Å². The lowest BCUT2D eigenvalue weighted by Gasteiger charge is -2.02. The van der Waals surface area contributed by atoms with Gasteiger partial charge in [-0.05, 0) is 34.5 Å². The minimum Gasteiger partial charge on any atom is -0.411 e. The van der Waals surface area contributed by atoms with E-state index in [1.165, 1.54) is 32.1 Å². The van der Waals surface area contributed by atoms with Gasteiger partial charge in [0.2, 0.25) is 0 Å². The molecule has 1 aromatic carbocycles. The monoisotopic (exact) mass is 351 g/mol. The minimum absolute atomic E-state index is 0.325. The molecule has 0 amide bonds. The third-order valence-electron chi connectivity index (χ3n) is 3.59. The molecule has 21 heavy (non-hydrogen) atoms. The van der Waals surface area contributed by atoms with Crippen molar-refractivity contribution < 1.29 is 4.42 Å². The molecule has 2 aromatic rings. The molecule has 0 saturated heterocycles. The Balaban J connectivity index is 1.98. The van der Waals surface area contributed by atoms with Gasteiger partial charge in [0.15, 0.2) is 0 Å². The number of oxazole rings is 1. The van der Waals surface area contributed by atoms with Crippen LogP contribution >= 0.6 is 15.9 Å². The van der Waals surface area contributed by atoms with Gasteiger partial charge in [-0.2, -0.15) is 0 Å². The third-order valence-corrected chi connectivity index (χ3v) is 4.39. The molecule has 2 rings (SSSR count). The van der Waals surface area contributed by atoms with Crippen molar-refractivity contribution >= 4 is 15.9 Å². The molecular formula is C17H22BrNO2. The highest BCUT2D eigenvalue weighted by Crippen LogP contribution is 2.21. The number of hydrogen-bond donors (Lipinski definition) is 0. The molecule has 3 nitrogen and oxygen atoms in total. The van der Waals surface area contributed by atoms with Gasteiger partial charge in [0.25, 0.3) is 0 Å². The average Bonchev–Trinajstić information content (AvgIpc) is 2.78. The summed E-state index contributed by atoms with van der Waals surface area (Å²) in [6.45, 7) is 2.22. The van der Waals surface area contributed by atoms with E-state index in [1.54, 1.807) is 4.57 Å². The fraction of sp³-hybridized carbons (Fsp3) is 0.471. The van der Waals surface area contributed by atoms with E-state index in [1.807, 2.05) is 30.3 Å². The van der Waals surface area contributed by atoms with E-state index in [9.17, 15) is 4.79 Å². The number of halogens is 1. The van der Waals surface area contributed by atoms with Gasteiger partial charge < -0.3 is 4.42 Å². The van der Waals surface area contributed by atoms with Crippen LogP contribution in [0.25, 0.3) is 5.69 Å². The van der Waals surface area contributed by atoms with Gasteiger partial charge in [-0.3, -0.25) is 0 Å². The number of aryl methyl sites for hydroxylation is 1. The van der Waals surface area contributed by atoms with Crippen LogP contribution < -0.4 is 5.76 Å². The molecule has 0 aliphatic carbocycles. The van der Waals surface area contributed by atoms with Crippen LogP contribution in [0.5, 0.6) is 0 Å². The number of benzene rings is 1. The van der Waals surface area contributed by atoms with Crippen LogP contribution in [-0.4, -0.2) is 4.57 Å². The lowest BCUT2D eigenvalue weighted by Crippen LogP contribution is -2.11. The zero-order valence-electron chi connectivity index (χ0n) is 12.5. The first-order valence-electron chi connectivity index (χ1n) is 7.69. The summed E-state index contributed by atoms with van der Waals surface area (Å²) >= 11 is 3.50. The highest BCUT2D eigenvalue weighted by molar-refractivity contribution is 9.10. The van der Waals surface area contributed by atoms with E-state index < -0.39 is 0 Å². The maximum Gasteiger partial charge on any atom is 0.424 e. The van der Waals surface area contributed by atoms with E-state index in [0.717, 1.165) is 28.9 Å². The first-order chi connectivity index (χ1) is 10.2. The molecule has 0 fully saturated rings. The lowest BCUT2D eigenvalue weighted by molar-refractivity contribution is 0.451. The van der Waals surface area contributed by atoms with Crippen molar-refractivity contribution in [1.82, 2.24) is 4.57 Å². The van der Waals surface area contributed by atoms with Crippen LogP contribution in [0.2, 0.25) is 0 Å². The van der Waals surface area contributed by atoms with Crippen LogP contribution in [0.4, 0.5) is 0 Å². The second kappa shape index (κ2) is 8.23. The highest BCUT2D eigenvalue weighted by atomic mass is 79.9. The first-order valence-corrected chi connectivity index (χ1v) is 8.49. The topological polar surface area (TPSA) is 35.1 Å². The largest absolute Gasteiger partial charge is 0.424 e. The number of para-hydroxylation sites is 1. The van der Waals surface area contributed by atoms with E-state index >= 15 is 0 Å². The van der Waals surface area contributed by atoms with Crippen molar-refractivity contribution in [2.24, 2.45) is 0 Å². The quantitative estimate of drug-likeness (QED) is 0.620. The van der Waals surface area contributed by atoms with Crippen LogP contribution in [-0.2, 0) is 6.42 Å². The van der Waals surface area contributed by atoms with Gasteiger partial charge in [0.1, 0.15) is 10.4 Å². The molecule has 0 saturated carbocycles. The maximum absolute atomic E-state index is 12.0. The summed E-state index contributed by atoms with van der Waals surface area (Å²) in [4.78, 5) is 12.0. The molecule has 1 heterocycles. The molecule has 0 aliphatic rings. The molecule has 0 atom stereocenters. The van der Waals surface area contributed by atoms with E-state index in [4.69, 9.17) is 4.42 Å². The molecule has 0 radical (unpaired) electrons. The lowest BCUT2D eigenvalue weighted by atomic mass is 10.1. The number of rotatable bonds is 8. The summed E-state index contributed by atoms with van der Waals surface area (Å²) in [6.07, 6.45) is 8.18. The van der Waals surface area contributed by atoms with E-state index in [0.29, 0.717) is 0 Å². The Morgan fingerprint density at radius 2 is 1.71 bits per heavy atom. The Morgan fingerprint density at radius 1 is 1.05 bits per heavy atom. The maximum atomic E-state index is 12.0. The van der Waals surface area contributed by atoms with Crippen LogP contribution in [0.15, 0.2) is 44.1 Å². The highest BCUT2D eigenvalue weighted by Gasteiger charge is 2.15. The molecular weight excluding hydrogens is 330 g/mol. The molecule has 1 aromatic heterocycles. The van der Waals surface area contributed by atoms with E-state index in [2.05, 4.69) is 22.9 Å². The fourth-order valence-electron chi connectivity index (χ4n) is 2.41. The first kappa shape index (κ1) is 16.1. The summed E-state index contributed by atoms with van der Waals surface area (Å²) < 4.78 is 7.71. The van der Waals surface area contributed by atoms with Gasteiger partial charge in [0, 0.05) is 6.42 Å². The minimum atomic E-state index is -0.325. The SMILES string of the molecule is CCCCCCCCc1oc(=O)n(-c2ccccc2)c1Br. The molecule has 0 unspecified atom stereocenters. The number of aromatic nitrogens is 1. The van der Waals surface area contributed by atoms with Crippen molar-refractivity contribution in [3.05, 3.63) is 51.2 Å². The van der Waals surface area contributed by atoms with Gasteiger partial charge in [-0.25, -0.2) is 9.36 Å². The van der Waals surface area contributed by atoms with Crippen molar-refractivity contribution in [3.8, 4) is 5.69 Å². The predicted octanol–water partition coefficient (Wildman–Crippen LogP) is 5.10. The summed E-state index contributed by atoms with van der Waals surface area (Å²) in [5.74, 6) is 0.424. The Hall–Kier alpha value is -1.29. The molecule has 0 N–H and O–H groups in total. The second-order valence-electron chi connectivity index (χ2n) is 5.27. The smallest absolute Gasteiger partial charge is 0.411 e. The zero-order chi connectivity index (χ0) is 15.1. The van der Waals surface area contributed by atoms with Gasteiger partial charge in [-0.1, -0.05) is 57.2 Å². The number of nitrogens with zero attached hydrogens (tertiary/aromatic N) is 1.